The van der Waals surface area contributed by atoms with Gasteiger partial charge < -0.3 is 42.1 Å². The van der Waals surface area contributed by atoms with E-state index in [1.54, 1.807) is 4.90 Å². The quantitative estimate of drug-likeness (QED) is 0.0719. The number of likely N-dealkylation sites (tertiary alicyclic amines) is 3. The average molecular weight is 675 g/mol. The van der Waals surface area contributed by atoms with Crippen LogP contribution in [0.15, 0.2) is 0 Å². The van der Waals surface area contributed by atoms with Crippen LogP contribution in [0.2, 0.25) is 0 Å². The molecule has 3 aliphatic rings. The number of carbonyl (C=O) groups excluding carboxylic acids is 6. The van der Waals surface area contributed by atoms with E-state index >= 15 is 0 Å². The van der Waals surface area contributed by atoms with E-state index in [0.717, 1.165) is 0 Å². The molecule has 48 heavy (non-hydrogen) atoms. The molecule has 0 aromatic carbocycles. The Morgan fingerprint density at radius 3 is 2.15 bits per heavy atom. The van der Waals surface area contributed by atoms with Crippen LogP contribution in [0.4, 0.5) is 0 Å². The van der Waals surface area contributed by atoms with Gasteiger partial charge >= 0.3 is 0 Å². The summed E-state index contributed by atoms with van der Waals surface area (Å²) in [5.74, 6) is -2.21. The van der Waals surface area contributed by atoms with Crippen LogP contribution >= 0.6 is 0 Å². The molecular weight excluding hydrogens is 618 g/mol. The van der Waals surface area contributed by atoms with Crippen LogP contribution in [0.1, 0.15) is 91.9 Å². The van der Waals surface area contributed by atoms with Crippen molar-refractivity contribution >= 4 is 41.8 Å². The van der Waals surface area contributed by atoms with E-state index < -0.39 is 48.1 Å². The molecule has 5 amide bonds. The Balaban J connectivity index is 1.76. The Hall–Kier alpha value is -3.75. The van der Waals surface area contributed by atoms with E-state index in [0.29, 0.717) is 77.4 Å². The molecule has 3 aliphatic heterocycles. The predicted molar refractivity (Wildman–Crippen MR) is 180 cm³/mol. The van der Waals surface area contributed by atoms with Crippen molar-refractivity contribution in [1.82, 2.24) is 30.7 Å². The lowest BCUT2D eigenvalue weighted by Gasteiger charge is -2.33. The number of hydrogen-bond acceptors (Lipinski definition) is 8. The highest BCUT2D eigenvalue weighted by Gasteiger charge is 2.44. The van der Waals surface area contributed by atoms with Gasteiger partial charge in [-0.15, -0.1) is 0 Å². The van der Waals surface area contributed by atoms with Crippen LogP contribution in [-0.4, -0.2) is 119 Å². The summed E-state index contributed by atoms with van der Waals surface area (Å²) < 4.78 is 0. The Kier molecular flexibility index (Phi) is 14.6. The zero-order chi connectivity index (χ0) is 35.5. The minimum absolute atomic E-state index is 0.174. The molecule has 269 valence electrons. The molecule has 3 fully saturated rings. The molecular formula is C33H56N9O6. The molecule has 0 aromatic rings. The Labute approximate surface area is 284 Å². The van der Waals surface area contributed by atoms with Gasteiger partial charge in [-0.1, -0.05) is 34.1 Å². The molecule has 15 nitrogen and oxygen atoms in total. The molecule has 0 spiro atoms. The van der Waals surface area contributed by atoms with Gasteiger partial charge in [-0.2, -0.15) is 0 Å². The number of nitrogens with one attached hydrogen (secondary N) is 4. The molecule has 7 atom stereocenters. The van der Waals surface area contributed by atoms with Gasteiger partial charge in [0.25, 0.3) is 0 Å². The first-order valence-corrected chi connectivity index (χ1v) is 17.5. The number of hydrogen-bond donors (Lipinski definition) is 6. The minimum Gasteiger partial charge on any atom is -0.370 e. The highest BCUT2D eigenvalue weighted by molar-refractivity contribution is 5.96. The maximum atomic E-state index is 13.8. The molecule has 3 saturated heterocycles. The van der Waals surface area contributed by atoms with E-state index in [1.807, 2.05) is 34.0 Å². The summed E-state index contributed by atoms with van der Waals surface area (Å²) in [5.41, 5.74) is 11.6. The molecule has 8 N–H and O–H groups in total. The van der Waals surface area contributed by atoms with Crippen molar-refractivity contribution in [1.29, 1.82) is 5.41 Å². The summed E-state index contributed by atoms with van der Waals surface area (Å²) in [6.45, 7) is 9.18. The number of carbonyl (C=O) groups is 5. The summed E-state index contributed by atoms with van der Waals surface area (Å²) >= 11 is 0. The zero-order valence-electron chi connectivity index (χ0n) is 29.0. The summed E-state index contributed by atoms with van der Waals surface area (Å²) in [7, 11) is 0. The molecule has 3 heterocycles. The first-order valence-electron chi connectivity index (χ1n) is 17.5. The second kappa shape index (κ2) is 18.1. The third-order valence-electron chi connectivity index (χ3n) is 9.77. The first kappa shape index (κ1) is 38.7. The van der Waals surface area contributed by atoms with Crippen molar-refractivity contribution in [2.24, 2.45) is 23.3 Å². The van der Waals surface area contributed by atoms with Crippen LogP contribution < -0.4 is 27.4 Å². The highest BCUT2D eigenvalue weighted by atomic mass is 16.2. The molecule has 0 aromatic heterocycles. The number of rotatable bonds is 16. The van der Waals surface area contributed by atoms with Crippen molar-refractivity contribution < 1.29 is 28.8 Å². The standard InChI is InChI=1S/C33H56N9O6/c1-5-21(4)27(32(48)40-15-7-10-22(40)19-43)39-28(44)24(11-6-14-37-33(35)36)38-29(45)25-12-8-16-41(25)31(47)26-13-9-17-42(26)30(46)23(34)18-20(2)3/h20-27H,5-18,34H2,1-4H3,(H,38,45)(H,39,44)(H4,35,36,37)/t21-,22-,23-,24-,25-,26-,27-/m0/s1. The average Bonchev–Trinajstić information content (AvgIpc) is 3.84. The highest BCUT2D eigenvalue weighted by Crippen LogP contribution is 2.26. The topological polar surface area (TPSA) is 224 Å². The summed E-state index contributed by atoms with van der Waals surface area (Å²) in [5, 5.41) is 15.8. The summed E-state index contributed by atoms with van der Waals surface area (Å²) in [4.78, 5) is 84.2. The smallest absolute Gasteiger partial charge is 0.246 e. The number of nitrogens with two attached hydrogens (primary N) is 2. The van der Waals surface area contributed by atoms with Crippen molar-refractivity contribution in [3.05, 3.63) is 0 Å². The third-order valence-corrected chi connectivity index (χ3v) is 9.77. The van der Waals surface area contributed by atoms with E-state index in [2.05, 4.69) is 16.0 Å². The molecule has 0 saturated carbocycles. The second-order valence-electron chi connectivity index (χ2n) is 13.8. The van der Waals surface area contributed by atoms with Gasteiger partial charge in [0.2, 0.25) is 35.8 Å². The molecule has 3 rings (SSSR count). The largest absolute Gasteiger partial charge is 0.370 e. The minimum atomic E-state index is -1.05. The summed E-state index contributed by atoms with van der Waals surface area (Å²) in [6, 6.07) is -4.84. The van der Waals surface area contributed by atoms with Crippen LogP contribution in [0, 0.1) is 17.2 Å². The van der Waals surface area contributed by atoms with Gasteiger partial charge in [-0.25, -0.2) is 0 Å². The van der Waals surface area contributed by atoms with Crippen LogP contribution in [-0.2, 0) is 28.8 Å². The molecule has 0 bridgehead atoms. The van der Waals surface area contributed by atoms with E-state index in [1.165, 1.54) is 9.80 Å². The zero-order valence-corrected chi connectivity index (χ0v) is 29.0. The molecule has 1 radical (unpaired) electrons. The third kappa shape index (κ3) is 9.89. The summed E-state index contributed by atoms with van der Waals surface area (Å²) in [6.07, 6.45) is 6.90. The van der Waals surface area contributed by atoms with Gasteiger partial charge in [0, 0.05) is 26.2 Å². The lowest BCUT2D eigenvalue weighted by atomic mass is 9.96. The first-order chi connectivity index (χ1) is 22.8. The molecule has 0 unspecified atom stereocenters. The van der Waals surface area contributed by atoms with E-state index in [4.69, 9.17) is 16.9 Å². The van der Waals surface area contributed by atoms with E-state index in [9.17, 15) is 28.8 Å². The fourth-order valence-corrected chi connectivity index (χ4v) is 6.94. The number of amides is 5. The normalized spacial score (nSPS) is 23.4. The monoisotopic (exact) mass is 674 g/mol. The van der Waals surface area contributed by atoms with Gasteiger partial charge in [-0.3, -0.25) is 34.2 Å². The number of nitrogens with zero attached hydrogens (tertiary/aromatic N) is 3. The van der Waals surface area contributed by atoms with Crippen molar-refractivity contribution in [2.45, 2.75) is 128 Å². The lowest BCUT2D eigenvalue weighted by molar-refractivity contribution is -0.147. The fraction of sp³-hybridized carbons (Fsp3) is 0.788. The van der Waals surface area contributed by atoms with Crippen LogP contribution in [0.3, 0.4) is 0 Å². The maximum Gasteiger partial charge on any atom is 0.246 e. The van der Waals surface area contributed by atoms with E-state index in [-0.39, 0.29) is 48.5 Å². The Morgan fingerprint density at radius 1 is 0.896 bits per heavy atom. The predicted octanol–water partition coefficient (Wildman–Crippen LogP) is -0.279. The second-order valence-corrected chi connectivity index (χ2v) is 13.8. The van der Waals surface area contributed by atoms with Gasteiger partial charge in [0.05, 0.1) is 12.1 Å². The SMILES string of the molecule is CC[C@H](C)[C@H](NC(=O)[C@H](CCCNC(=N)N)NC(=O)[C@@H]1CCCN1C(=O)[C@@H]1CCCN1C(=O)[C@@H](N)CC(C)C)C(=O)N1CCC[C@H]1[C]=O. The Morgan fingerprint density at radius 2 is 1.52 bits per heavy atom. The molecule has 0 aliphatic carbocycles. The maximum absolute atomic E-state index is 13.8. The van der Waals surface area contributed by atoms with Crippen LogP contribution in [0.5, 0.6) is 0 Å². The van der Waals surface area contributed by atoms with Crippen molar-refractivity contribution in [3.63, 3.8) is 0 Å². The van der Waals surface area contributed by atoms with Gasteiger partial charge in [0.1, 0.15) is 24.2 Å². The van der Waals surface area contributed by atoms with Crippen molar-refractivity contribution in [3.8, 4) is 0 Å². The molecule has 15 heteroatoms. The number of guanidine groups is 1. The van der Waals surface area contributed by atoms with Gasteiger partial charge in [-0.05, 0) is 69.6 Å². The van der Waals surface area contributed by atoms with Crippen molar-refractivity contribution in [2.75, 3.05) is 26.2 Å². The van der Waals surface area contributed by atoms with Gasteiger partial charge in [0.15, 0.2) is 5.96 Å². The van der Waals surface area contributed by atoms with Crippen LogP contribution in [0.25, 0.3) is 0 Å². The Bertz CT molecular complexity index is 1180. The lowest BCUT2D eigenvalue weighted by Crippen LogP contribution is -2.59. The fourth-order valence-electron chi connectivity index (χ4n) is 6.94.